The number of halogens is 13. The Hall–Kier alpha value is -2.66. The highest BCUT2D eigenvalue weighted by atomic mass is 19.4. The normalized spacial score (nSPS) is 14.2. The van der Waals surface area contributed by atoms with E-state index in [0.29, 0.717) is 6.07 Å². The number of ether oxygens (including phenoxy) is 2. The van der Waals surface area contributed by atoms with Crippen LogP contribution in [0, 0.1) is 0 Å². The van der Waals surface area contributed by atoms with Gasteiger partial charge in [-0.05, 0) is 12.1 Å². The highest BCUT2D eigenvalue weighted by molar-refractivity contribution is 5.91. The monoisotopic (exact) mass is 516 g/mol. The summed E-state index contributed by atoms with van der Waals surface area (Å²) in [5.74, 6) is -17.2. The molecule has 2 N–H and O–H groups in total. The van der Waals surface area contributed by atoms with Gasteiger partial charge in [-0.1, -0.05) is 0 Å². The molecule has 0 fully saturated rings. The summed E-state index contributed by atoms with van der Waals surface area (Å²) in [5.41, 5.74) is -6.74. The molecule has 0 saturated heterocycles. The number of benzene rings is 1. The predicted molar refractivity (Wildman–Crippen MR) is 77.4 cm³/mol. The minimum atomic E-state index is -6.72. The second-order valence-electron chi connectivity index (χ2n) is 6.17. The molecule has 0 aliphatic carbocycles. The second-order valence-corrected chi connectivity index (χ2v) is 6.17. The lowest BCUT2D eigenvalue weighted by Gasteiger charge is -2.32. The Labute approximate surface area is 173 Å². The zero-order valence-electron chi connectivity index (χ0n) is 15.2. The van der Waals surface area contributed by atoms with E-state index >= 15 is 0 Å². The molecule has 1 rings (SSSR count). The standard InChI is InChI=1S/C15H9F13O5/c16-11(17,12(18,19)15(26,27)28)5-32-6-1-2-7(9(29)30)8(3-6)33-4-10(31,13(20,21)22)14(23,24)25/h1-3,31H,4-5H2,(H,29,30). The highest BCUT2D eigenvalue weighted by Crippen LogP contribution is 2.47. The molecular weight excluding hydrogens is 507 g/mol. The van der Waals surface area contributed by atoms with Crippen LogP contribution in [0.4, 0.5) is 57.1 Å². The zero-order chi connectivity index (χ0) is 26.3. The SMILES string of the molecule is O=C(O)c1ccc(OCC(F)(F)C(F)(F)C(F)(F)F)cc1OCC(O)(C(F)(F)F)C(F)(F)F. The Balaban J connectivity index is 3.24. The fourth-order valence-corrected chi connectivity index (χ4v) is 1.87. The van der Waals surface area contributed by atoms with Crippen molar-refractivity contribution in [1.29, 1.82) is 0 Å². The molecule has 0 aliphatic rings. The number of aromatic carboxylic acids is 1. The Morgan fingerprint density at radius 2 is 1.24 bits per heavy atom. The Morgan fingerprint density at radius 1 is 0.758 bits per heavy atom. The summed E-state index contributed by atoms with van der Waals surface area (Å²) in [6, 6.07) is 0.670. The van der Waals surface area contributed by atoms with E-state index in [9.17, 15) is 61.9 Å². The number of alkyl halides is 13. The van der Waals surface area contributed by atoms with E-state index in [1.807, 2.05) is 0 Å². The summed E-state index contributed by atoms with van der Waals surface area (Å²) in [7, 11) is 0. The molecule has 0 atom stereocenters. The molecule has 0 aliphatic heterocycles. The Morgan fingerprint density at radius 3 is 1.64 bits per heavy atom. The largest absolute Gasteiger partial charge is 0.489 e. The van der Waals surface area contributed by atoms with Gasteiger partial charge in [-0.25, -0.2) is 4.79 Å². The van der Waals surface area contributed by atoms with Gasteiger partial charge in [-0.2, -0.15) is 57.1 Å². The molecule has 1 aromatic rings. The Kier molecular flexibility index (Phi) is 7.40. The van der Waals surface area contributed by atoms with Crippen molar-refractivity contribution in [3.05, 3.63) is 23.8 Å². The van der Waals surface area contributed by atoms with Gasteiger partial charge in [0.2, 0.25) is 0 Å². The van der Waals surface area contributed by atoms with Gasteiger partial charge in [0, 0.05) is 6.07 Å². The lowest BCUT2D eigenvalue weighted by molar-refractivity contribution is -0.373. The van der Waals surface area contributed by atoms with E-state index in [1.54, 1.807) is 0 Å². The number of hydrogen-bond donors (Lipinski definition) is 2. The maximum atomic E-state index is 13.3. The summed E-state index contributed by atoms with van der Waals surface area (Å²) in [5, 5.41) is 17.9. The number of rotatable bonds is 8. The van der Waals surface area contributed by atoms with E-state index in [1.165, 1.54) is 0 Å². The molecule has 33 heavy (non-hydrogen) atoms. The summed E-state index contributed by atoms with van der Waals surface area (Å²) >= 11 is 0. The topological polar surface area (TPSA) is 76.0 Å². The van der Waals surface area contributed by atoms with Crippen molar-refractivity contribution in [3.8, 4) is 11.5 Å². The van der Waals surface area contributed by atoms with Crippen LogP contribution in [0.25, 0.3) is 0 Å². The lowest BCUT2D eigenvalue weighted by atomic mass is 10.0. The van der Waals surface area contributed by atoms with Crippen LogP contribution >= 0.6 is 0 Å². The highest BCUT2D eigenvalue weighted by Gasteiger charge is 2.73. The molecule has 0 unspecified atom stereocenters. The number of carboxylic acid groups (broad SMARTS) is 1. The summed E-state index contributed by atoms with van der Waals surface area (Å²) in [6.07, 6.45) is -19.5. The first kappa shape index (κ1) is 28.4. The molecule has 0 bridgehead atoms. The molecule has 18 heteroatoms. The van der Waals surface area contributed by atoms with Crippen LogP contribution in [0.2, 0.25) is 0 Å². The average molecular weight is 516 g/mol. The minimum Gasteiger partial charge on any atom is -0.489 e. The third-order valence-electron chi connectivity index (χ3n) is 3.79. The fraction of sp³-hybridized carbons (Fsp3) is 0.533. The van der Waals surface area contributed by atoms with Gasteiger partial charge in [-0.3, -0.25) is 0 Å². The first-order valence-electron chi connectivity index (χ1n) is 7.79. The maximum Gasteiger partial charge on any atom is 0.460 e. The molecular formula is C15H9F13O5. The van der Waals surface area contributed by atoms with E-state index in [2.05, 4.69) is 9.47 Å². The molecule has 1 aromatic carbocycles. The first-order chi connectivity index (χ1) is 14.5. The molecule has 0 amide bonds. The van der Waals surface area contributed by atoms with Gasteiger partial charge in [0.15, 0.2) is 6.61 Å². The van der Waals surface area contributed by atoms with Crippen LogP contribution in [0.5, 0.6) is 11.5 Å². The van der Waals surface area contributed by atoms with Crippen molar-refractivity contribution in [2.24, 2.45) is 0 Å². The van der Waals surface area contributed by atoms with Crippen LogP contribution in [-0.2, 0) is 0 Å². The first-order valence-corrected chi connectivity index (χ1v) is 7.79. The summed E-state index contributed by atoms with van der Waals surface area (Å²) in [6.45, 7) is -5.40. The molecule has 0 spiro atoms. The molecule has 5 nitrogen and oxygen atoms in total. The lowest BCUT2D eigenvalue weighted by Crippen LogP contribution is -2.60. The predicted octanol–water partition coefficient (Wildman–Crippen LogP) is 4.83. The van der Waals surface area contributed by atoms with Crippen molar-refractivity contribution in [2.45, 2.75) is 36.0 Å². The smallest absolute Gasteiger partial charge is 0.460 e. The van der Waals surface area contributed by atoms with E-state index in [0.717, 1.165) is 0 Å². The molecule has 0 saturated carbocycles. The van der Waals surface area contributed by atoms with Crippen LogP contribution in [-0.4, -0.2) is 65.4 Å². The number of aliphatic hydroxyl groups is 1. The van der Waals surface area contributed by atoms with Gasteiger partial charge in [0.25, 0.3) is 5.60 Å². The van der Waals surface area contributed by atoms with Gasteiger partial charge in [-0.15, -0.1) is 0 Å². The zero-order valence-corrected chi connectivity index (χ0v) is 15.2. The van der Waals surface area contributed by atoms with Crippen molar-refractivity contribution < 1.29 is 81.6 Å². The third-order valence-corrected chi connectivity index (χ3v) is 3.79. The van der Waals surface area contributed by atoms with E-state index in [4.69, 9.17) is 10.2 Å². The van der Waals surface area contributed by atoms with Crippen molar-refractivity contribution >= 4 is 5.97 Å². The van der Waals surface area contributed by atoms with Crippen molar-refractivity contribution in [2.75, 3.05) is 13.2 Å². The van der Waals surface area contributed by atoms with Gasteiger partial charge in [0.1, 0.15) is 23.7 Å². The van der Waals surface area contributed by atoms with Crippen LogP contribution < -0.4 is 9.47 Å². The number of carbonyl (C=O) groups is 1. The van der Waals surface area contributed by atoms with Crippen LogP contribution in [0.15, 0.2) is 18.2 Å². The number of carboxylic acids is 1. The van der Waals surface area contributed by atoms with Crippen LogP contribution in [0.3, 0.4) is 0 Å². The summed E-state index contributed by atoms with van der Waals surface area (Å²) in [4.78, 5) is 11.0. The average Bonchev–Trinajstić information content (AvgIpc) is 2.61. The summed E-state index contributed by atoms with van der Waals surface area (Å²) < 4.78 is 172. The molecule has 0 heterocycles. The van der Waals surface area contributed by atoms with Crippen LogP contribution in [0.1, 0.15) is 10.4 Å². The quantitative estimate of drug-likeness (QED) is 0.485. The van der Waals surface area contributed by atoms with E-state index in [-0.39, 0.29) is 12.1 Å². The third kappa shape index (κ3) is 5.64. The number of hydrogen-bond acceptors (Lipinski definition) is 4. The van der Waals surface area contributed by atoms with Gasteiger partial charge >= 0.3 is 36.3 Å². The van der Waals surface area contributed by atoms with Crippen molar-refractivity contribution in [3.63, 3.8) is 0 Å². The maximum absolute atomic E-state index is 13.3. The molecule has 0 aromatic heterocycles. The van der Waals surface area contributed by atoms with Gasteiger partial charge in [0.05, 0.1) is 0 Å². The van der Waals surface area contributed by atoms with E-state index < -0.39 is 72.2 Å². The second kappa shape index (κ2) is 8.60. The fourth-order valence-electron chi connectivity index (χ4n) is 1.87. The molecule has 0 radical (unpaired) electrons. The Bertz CT molecular complexity index is 843. The minimum absolute atomic E-state index is 0.0262. The van der Waals surface area contributed by atoms with Crippen molar-refractivity contribution in [1.82, 2.24) is 0 Å². The molecule has 190 valence electrons. The van der Waals surface area contributed by atoms with Gasteiger partial charge < -0.3 is 19.7 Å².